The van der Waals surface area contributed by atoms with E-state index in [0.29, 0.717) is 0 Å². The van der Waals surface area contributed by atoms with Gasteiger partial charge in [0, 0.05) is 18.9 Å². The van der Waals surface area contributed by atoms with Crippen LogP contribution in [0.4, 0.5) is 14.5 Å². The van der Waals surface area contributed by atoms with Gasteiger partial charge < -0.3 is 5.32 Å². The molecule has 10 heteroatoms. The highest BCUT2D eigenvalue weighted by atomic mass is 32.2. The molecule has 2 aliphatic heterocycles. The summed E-state index contributed by atoms with van der Waals surface area (Å²) < 4.78 is 49.9. The maximum atomic E-state index is 13.6. The zero-order valence-electron chi connectivity index (χ0n) is 13.0. The lowest BCUT2D eigenvalue weighted by Crippen LogP contribution is -2.42. The van der Waals surface area contributed by atoms with Crippen molar-refractivity contribution in [1.82, 2.24) is 5.01 Å². The van der Waals surface area contributed by atoms with E-state index in [1.807, 2.05) is 0 Å². The highest BCUT2D eigenvalue weighted by Crippen LogP contribution is 2.23. The van der Waals surface area contributed by atoms with Crippen LogP contribution in [0.15, 0.2) is 23.3 Å². The summed E-state index contributed by atoms with van der Waals surface area (Å²) in [7, 11) is -3.22. The van der Waals surface area contributed by atoms with Crippen LogP contribution >= 0.6 is 0 Å². The van der Waals surface area contributed by atoms with Crippen molar-refractivity contribution in [3.63, 3.8) is 0 Å². The van der Waals surface area contributed by atoms with Gasteiger partial charge >= 0.3 is 0 Å². The summed E-state index contributed by atoms with van der Waals surface area (Å²) in [4.78, 5) is 24.2. The number of carbonyl (C=O) groups is 2. The fraction of sp³-hybridized carbons (Fsp3) is 0.400. The number of carbonyl (C=O) groups excluding carboxylic acids is 2. The van der Waals surface area contributed by atoms with Gasteiger partial charge in [0.05, 0.1) is 23.2 Å². The first-order valence-electron chi connectivity index (χ1n) is 7.61. The van der Waals surface area contributed by atoms with Crippen LogP contribution in [0.1, 0.15) is 19.3 Å². The number of hydrogen-bond donors (Lipinski definition) is 1. The largest absolute Gasteiger partial charge is 0.318 e. The van der Waals surface area contributed by atoms with Crippen LogP contribution in [0.2, 0.25) is 0 Å². The van der Waals surface area contributed by atoms with Gasteiger partial charge in [-0.15, -0.1) is 0 Å². The summed E-state index contributed by atoms with van der Waals surface area (Å²) in [6.07, 6.45) is 0.289. The zero-order valence-corrected chi connectivity index (χ0v) is 13.9. The average molecular weight is 371 g/mol. The Morgan fingerprint density at radius 1 is 1.28 bits per heavy atom. The first kappa shape index (κ1) is 17.5. The van der Waals surface area contributed by atoms with Crippen LogP contribution in [0.25, 0.3) is 0 Å². The third-order valence-electron chi connectivity index (χ3n) is 4.05. The number of hydrogen-bond acceptors (Lipinski definition) is 5. The minimum Gasteiger partial charge on any atom is -0.318 e. The van der Waals surface area contributed by atoms with Gasteiger partial charge in [0.2, 0.25) is 5.91 Å². The molecular formula is C15H15F2N3O4S. The zero-order chi connectivity index (χ0) is 18.2. The average Bonchev–Trinajstić information content (AvgIpc) is 2.91. The van der Waals surface area contributed by atoms with E-state index in [2.05, 4.69) is 10.4 Å². The van der Waals surface area contributed by atoms with E-state index in [4.69, 9.17) is 0 Å². The minimum absolute atomic E-state index is 0.00552. The lowest BCUT2D eigenvalue weighted by atomic mass is 10.1. The highest BCUT2D eigenvalue weighted by Gasteiger charge is 2.37. The number of anilines is 1. The van der Waals surface area contributed by atoms with Gasteiger partial charge in [-0.05, 0) is 18.6 Å². The molecule has 0 radical (unpaired) electrons. The Kier molecular flexibility index (Phi) is 4.55. The first-order valence-corrected chi connectivity index (χ1v) is 9.44. The number of sulfone groups is 1. The summed E-state index contributed by atoms with van der Waals surface area (Å²) >= 11 is 0. The number of nitrogens with one attached hydrogen (secondary N) is 1. The van der Waals surface area contributed by atoms with E-state index in [9.17, 15) is 26.8 Å². The summed E-state index contributed by atoms with van der Waals surface area (Å²) in [5.74, 6) is -2.88. The molecule has 25 heavy (non-hydrogen) atoms. The highest BCUT2D eigenvalue weighted by molar-refractivity contribution is 7.91. The SMILES string of the molecule is O=C(Nc1cc(F)ccc1F)C1=NN([C@@H]2CCS(=O)(=O)C2)C(=O)CC1. The van der Waals surface area contributed by atoms with Crippen molar-refractivity contribution in [1.29, 1.82) is 0 Å². The number of halogens is 2. The lowest BCUT2D eigenvalue weighted by molar-refractivity contribution is -0.133. The number of hydrazone groups is 1. The minimum atomic E-state index is -3.22. The van der Waals surface area contributed by atoms with Crippen molar-refractivity contribution in [2.45, 2.75) is 25.3 Å². The molecule has 1 saturated heterocycles. The van der Waals surface area contributed by atoms with E-state index < -0.39 is 33.4 Å². The van der Waals surface area contributed by atoms with Gasteiger partial charge in [0.1, 0.15) is 17.3 Å². The number of benzene rings is 1. The summed E-state index contributed by atoms with van der Waals surface area (Å²) in [6, 6.07) is 2.03. The standard InChI is InChI=1S/C15H15F2N3O4S/c16-9-1-2-11(17)13(7-9)18-15(22)12-3-4-14(21)20(19-12)10-5-6-25(23,24)8-10/h1-2,7,10H,3-6,8H2,(H,18,22)/t10-/m1/s1. The molecule has 3 rings (SSSR count). The Morgan fingerprint density at radius 3 is 2.72 bits per heavy atom. The van der Waals surface area contributed by atoms with Crippen molar-refractivity contribution >= 4 is 33.1 Å². The first-order chi connectivity index (χ1) is 11.7. The van der Waals surface area contributed by atoms with E-state index >= 15 is 0 Å². The van der Waals surface area contributed by atoms with Crippen molar-refractivity contribution in [2.75, 3.05) is 16.8 Å². The van der Waals surface area contributed by atoms with Crippen LogP contribution < -0.4 is 5.32 Å². The van der Waals surface area contributed by atoms with E-state index in [1.54, 1.807) is 0 Å². The molecule has 0 bridgehead atoms. The van der Waals surface area contributed by atoms with Crippen molar-refractivity contribution in [3.8, 4) is 0 Å². The Balaban J connectivity index is 1.79. The predicted octanol–water partition coefficient (Wildman–Crippen LogP) is 1.07. The topological polar surface area (TPSA) is 95.9 Å². The number of nitrogens with zero attached hydrogens (tertiary/aromatic N) is 2. The predicted molar refractivity (Wildman–Crippen MR) is 85.6 cm³/mol. The molecule has 0 saturated carbocycles. The molecule has 0 aromatic heterocycles. The van der Waals surface area contributed by atoms with E-state index in [0.717, 1.165) is 23.2 Å². The van der Waals surface area contributed by atoms with Gasteiger partial charge in [0.15, 0.2) is 9.84 Å². The van der Waals surface area contributed by atoms with E-state index in [1.165, 1.54) is 0 Å². The molecule has 1 fully saturated rings. The maximum Gasteiger partial charge on any atom is 0.271 e. The van der Waals surface area contributed by atoms with Gasteiger partial charge in [-0.25, -0.2) is 22.2 Å². The van der Waals surface area contributed by atoms with Crippen LogP contribution in [-0.4, -0.2) is 48.5 Å². The second kappa shape index (κ2) is 6.51. The molecule has 134 valence electrons. The van der Waals surface area contributed by atoms with Gasteiger partial charge in [-0.1, -0.05) is 0 Å². The van der Waals surface area contributed by atoms with Gasteiger partial charge in [-0.2, -0.15) is 5.10 Å². The summed E-state index contributed by atoms with van der Waals surface area (Å²) in [5.41, 5.74) is -0.368. The maximum absolute atomic E-state index is 13.6. The van der Waals surface area contributed by atoms with E-state index in [-0.39, 0.29) is 48.1 Å². The molecule has 0 aliphatic carbocycles. The Hall–Kier alpha value is -2.36. The van der Waals surface area contributed by atoms with Crippen molar-refractivity contribution < 1.29 is 26.8 Å². The summed E-state index contributed by atoms with van der Waals surface area (Å²) in [5, 5.41) is 7.22. The molecule has 2 amide bonds. The quantitative estimate of drug-likeness (QED) is 0.860. The second-order valence-corrected chi connectivity index (χ2v) is 8.15. The normalized spacial score (nSPS) is 22.6. The Labute approximate surface area is 142 Å². The fourth-order valence-corrected chi connectivity index (χ4v) is 4.47. The molecule has 1 aromatic carbocycles. The van der Waals surface area contributed by atoms with Crippen LogP contribution in [0.3, 0.4) is 0 Å². The van der Waals surface area contributed by atoms with Crippen molar-refractivity contribution in [3.05, 3.63) is 29.8 Å². The molecular weight excluding hydrogens is 356 g/mol. The monoisotopic (exact) mass is 371 g/mol. The smallest absolute Gasteiger partial charge is 0.271 e. The molecule has 0 spiro atoms. The Bertz CT molecular complexity index is 870. The fourth-order valence-electron chi connectivity index (χ4n) is 2.78. The second-order valence-electron chi connectivity index (χ2n) is 5.92. The molecule has 2 heterocycles. The van der Waals surface area contributed by atoms with Gasteiger partial charge in [-0.3, -0.25) is 9.59 Å². The molecule has 2 aliphatic rings. The molecule has 7 nitrogen and oxygen atoms in total. The van der Waals surface area contributed by atoms with Gasteiger partial charge in [0.25, 0.3) is 5.91 Å². The summed E-state index contributed by atoms with van der Waals surface area (Å²) in [6.45, 7) is 0. The van der Waals surface area contributed by atoms with Crippen LogP contribution in [0, 0.1) is 11.6 Å². The third kappa shape index (κ3) is 3.84. The van der Waals surface area contributed by atoms with Crippen LogP contribution in [0.5, 0.6) is 0 Å². The number of rotatable bonds is 3. The lowest BCUT2D eigenvalue weighted by Gasteiger charge is -2.27. The molecule has 1 atom stereocenters. The molecule has 1 N–H and O–H groups in total. The molecule has 1 aromatic rings. The van der Waals surface area contributed by atoms with Crippen molar-refractivity contribution in [2.24, 2.45) is 5.10 Å². The Morgan fingerprint density at radius 2 is 2.04 bits per heavy atom. The molecule has 0 unspecified atom stereocenters. The number of amides is 2. The third-order valence-corrected chi connectivity index (χ3v) is 5.80. The van der Waals surface area contributed by atoms with Crippen LogP contribution in [-0.2, 0) is 19.4 Å².